The van der Waals surface area contributed by atoms with Gasteiger partial charge >= 0.3 is 0 Å². The number of likely N-dealkylation sites (N-methyl/N-ethyl adjacent to an activating group) is 1. The lowest BCUT2D eigenvalue weighted by molar-refractivity contribution is -0.178. The SMILES string of the molecule is CN1CCN(C2C(O)C3CCC32)CC1. The second-order valence-corrected chi connectivity index (χ2v) is 5.23. The van der Waals surface area contributed by atoms with Gasteiger partial charge in [-0.3, -0.25) is 4.90 Å². The topological polar surface area (TPSA) is 26.7 Å². The van der Waals surface area contributed by atoms with E-state index in [1.807, 2.05) is 0 Å². The Hall–Kier alpha value is -0.120. The zero-order valence-corrected chi connectivity index (χ0v) is 8.89. The van der Waals surface area contributed by atoms with Crippen molar-refractivity contribution in [3.63, 3.8) is 0 Å². The van der Waals surface area contributed by atoms with E-state index in [1.165, 1.54) is 25.9 Å². The fourth-order valence-corrected chi connectivity index (χ4v) is 3.37. The second kappa shape index (κ2) is 3.19. The van der Waals surface area contributed by atoms with E-state index in [-0.39, 0.29) is 6.10 Å². The van der Waals surface area contributed by atoms with Crippen molar-refractivity contribution in [2.24, 2.45) is 11.8 Å². The van der Waals surface area contributed by atoms with Crippen molar-refractivity contribution in [1.82, 2.24) is 9.80 Å². The molecular weight excluding hydrogens is 176 g/mol. The normalized spacial score (nSPS) is 49.3. The van der Waals surface area contributed by atoms with Gasteiger partial charge in [-0.25, -0.2) is 0 Å². The maximum atomic E-state index is 9.96. The molecule has 0 radical (unpaired) electrons. The van der Waals surface area contributed by atoms with Crippen molar-refractivity contribution >= 4 is 0 Å². The molecule has 3 nitrogen and oxygen atoms in total. The van der Waals surface area contributed by atoms with Crippen LogP contribution in [0.25, 0.3) is 0 Å². The van der Waals surface area contributed by atoms with Crippen molar-refractivity contribution in [1.29, 1.82) is 0 Å². The lowest BCUT2D eigenvalue weighted by atomic mass is 9.54. The molecule has 2 aliphatic carbocycles. The lowest BCUT2D eigenvalue weighted by Crippen LogP contribution is -2.69. The van der Waals surface area contributed by atoms with Crippen molar-refractivity contribution in [3.05, 3.63) is 0 Å². The summed E-state index contributed by atoms with van der Waals surface area (Å²) in [5, 5.41) is 9.96. The van der Waals surface area contributed by atoms with Crippen LogP contribution in [-0.2, 0) is 0 Å². The third-order valence-electron chi connectivity index (χ3n) is 4.57. The molecule has 1 heterocycles. The van der Waals surface area contributed by atoms with Gasteiger partial charge in [-0.05, 0) is 31.7 Å². The van der Waals surface area contributed by atoms with Gasteiger partial charge in [-0.2, -0.15) is 0 Å². The highest BCUT2D eigenvalue weighted by atomic mass is 16.3. The number of fused-ring (bicyclic) bond motifs is 1. The van der Waals surface area contributed by atoms with Crippen molar-refractivity contribution < 1.29 is 5.11 Å². The minimum atomic E-state index is -0.00263. The first-order valence-electron chi connectivity index (χ1n) is 5.88. The summed E-state index contributed by atoms with van der Waals surface area (Å²) in [4.78, 5) is 4.89. The Balaban J connectivity index is 1.60. The van der Waals surface area contributed by atoms with Gasteiger partial charge in [0.15, 0.2) is 0 Å². The van der Waals surface area contributed by atoms with Gasteiger partial charge in [0.1, 0.15) is 0 Å². The lowest BCUT2D eigenvalue weighted by Gasteiger charge is -2.61. The van der Waals surface area contributed by atoms with Gasteiger partial charge in [0.05, 0.1) is 6.10 Å². The second-order valence-electron chi connectivity index (χ2n) is 5.23. The van der Waals surface area contributed by atoms with Crippen molar-refractivity contribution in [3.8, 4) is 0 Å². The average Bonchev–Trinajstić information content (AvgIpc) is 2.14. The van der Waals surface area contributed by atoms with E-state index in [1.54, 1.807) is 0 Å². The molecule has 3 rings (SSSR count). The Kier molecular flexibility index (Phi) is 2.08. The minimum Gasteiger partial charge on any atom is -0.391 e. The first-order chi connectivity index (χ1) is 6.77. The minimum absolute atomic E-state index is 0.00263. The molecule has 3 fully saturated rings. The third kappa shape index (κ3) is 1.16. The summed E-state index contributed by atoms with van der Waals surface area (Å²) in [6.07, 6.45) is 2.63. The van der Waals surface area contributed by atoms with Crippen LogP contribution in [0.1, 0.15) is 12.8 Å². The van der Waals surface area contributed by atoms with Gasteiger partial charge in [-0.15, -0.1) is 0 Å². The number of nitrogens with zero attached hydrogens (tertiary/aromatic N) is 2. The first-order valence-corrected chi connectivity index (χ1v) is 5.88. The summed E-state index contributed by atoms with van der Waals surface area (Å²) in [6.45, 7) is 4.64. The highest BCUT2D eigenvalue weighted by Gasteiger charge is 2.56. The molecule has 3 heteroatoms. The van der Waals surface area contributed by atoms with Gasteiger partial charge < -0.3 is 10.0 Å². The number of piperazine rings is 1. The fourth-order valence-electron chi connectivity index (χ4n) is 3.37. The molecule has 80 valence electrons. The molecular formula is C11H20N2O. The van der Waals surface area contributed by atoms with Crippen LogP contribution in [0.4, 0.5) is 0 Å². The Bertz CT molecular complexity index is 219. The summed E-state index contributed by atoms with van der Waals surface area (Å²) < 4.78 is 0. The Morgan fingerprint density at radius 1 is 1.00 bits per heavy atom. The molecule has 1 aliphatic heterocycles. The van der Waals surface area contributed by atoms with Crippen LogP contribution in [0.3, 0.4) is 0 Å². The van der Waals surface area contributed by atoms with Crippen molar-refractivity contribution in [2.45, 2.75) is 25.0 Å². The van der Waals surface area contributed by atoms with E-state index in [0.29, 0.717) is 12.0 Å². The number of aliphatic hydroxyl groups is 1. The van der Waals surface area contributed by atoms with E-state index in [9.17, 15) is 5.11 Å². The molecule has 4 atom stereocenters. The molecule has 4 unspecified atom stereocenters. The fraction of sp³-hybridized carbons (Fsp3) is 1.00. The molecule has 1 N–H and O–H groups in total. The molecule has 0 amide bonds. The maximum absolute atomic E-state index is 9.96. The van der Waals surface area contributed by atoms with E-state index in [4.69, 9.17) is 0 Å². The Morgan fingerprint density at radius 2 is 1.64 bits per heavy atom. The van der Waals surface area contributed by atoms with Crippen LogP contribution in [0.2, 0.25) is 0 Å². The Labute approximate surface area is 85.7 Å². The summed E-state index contributed by atoms with van der Waals surface area (Å²) >= 11 is 0. The monoisotopic (exact) mass is 196 g/mol. The molecule has 0 aromatic carbocycles. The van der Waals surface area contributed by atoms with Crippen LogP contribution in [-0.4, -0.2) is 60.3 Å². The summed E-state index contributed by atoms with van der Waals surface area (Å²) in [7, 11) is 2.18. The van der Waals surface area contributed by atoms with Gasteiger partial charge in [0.25, 0.3) is 0 Å². The average molecular weight is 196 g/mol. The third-order valence-corrected chi connectivity index (χ3v) is 4.57. The molecule has 14 heavy (non-hydrogen) atoms. The highest BCUT2D eigenvalue weighted by Crippen LogP contribution is 2.52. The maximum Gasteiger partial charge on any atom is 0.0729 e. The quantitative estimate of drug-likeness (QED) is 0.639. The van der Waals surface area contributed by atoms with E-state index >= 15 is 0 Å². The summed E-state index contributed by atoms with van der Waals surface area (Å²) in [6, 6.07) is 0.516. The van der Waals surface area contributed by atoms with E-state index < -0.39 is 0 Å². The zero-order chi connectivity index (χ0) is 9.71. The van der Waals surface area contributed by atoms with Crippen molar-refractivity contribution in [2.75, 3.05) is 33.2 Å². The molecule has 3 aliphatic rings. The first kappa shape index (κ1) is 9.13. The predicted molar refractivity (Wildman–Crippen MR) is 55.1 cm³/mol. The standard InChI is InChI=1S/C11H20N2O/c1-12-4-6-13(7-5-12)10-8-2-3-9(8)11(10)14/h8-11,14H,2-7H2,1H3. The molecule has 1 saturated heterocycles. The number of hydrogen-bond acceptors (Lipinski definition) is 3. The van der Waals surface area contributed by atoms with Gasteiger partial charge in [0.2, 0.25) is 0 Å². The zero-order valence-electron chi connectivity index (χ0n) is 8.89. The predicted octanol–water partition coefficient (Wildman–Crippen LogP) is 0.00310. The molecule has 0 aromatic rings. The molecule has 0 bridgehead atoms. The number of rotatable bonds is 1. The summed E-state index contributed by atoms with van der Waals surface area (Å²) in [5.41, 5.74) is 0. The smallest absolute Gasteiger partial charge is 0.0729 e. The van der Waals surface area contributed by atoms with Crippen LogP contribution < -0.4 is 0 Å². The number of aliphatic hydroxyl groups excluding tert-OH is 1. The van der Waals surface area contributed by atoms with Crippen LogP contribution in [0.15, 0.2) is 0 Å². The van der Waals surface area contributed by atoms with Crippen LogP contribution in [0, 0.1) is 11.8 Å². The van der Waals surface area contributed by atoms with Gasteiger partial charge in [-0.1, -0.05) is 0 Å². The Morgan fingerprint density at radius 3 is 2.14 bits per heavy atom. The van der Waals surface area contributed by atoms with E-state index in [2.05, 4.69) is 16.8 Å². The van der Waals surface area contributed by atoms with Crippen LogP contribution >= 0.6 is 0 Å². The number of hydrogen-bond donors (Lipinski definition) is 1. The molecule has 0 spiro atoms. The van der Waals surface area contributed by atoms with E-state index in [0.717, 1.165) is 19.0 Å². The van der Waals surface area contributed by atoms with Crippen LogP contribution in [0.5, 0.6) is 0 Å². The molecule has 0 aromatic heterocycles. The highest BCUT2D eigenvalue weighted by molar-refractivity contribution is 5.09. The largest absolute Gasteiger partial charge is 0.391 e. The van der Waals surface area contributed by atoms with Gasteiger partial charge in [0, 0.05) is 32.2 Å². The summed E-state index contributed by atoms with van der Waals surface area (Å²) in [5.74, 6) is 1.51. The molecule has 2 saturated carbocycles.